The van der Waals surface area contributed by atoms with E-state index in [1.165, 1.54) is 23.5 Å². The fourth-order valence-electron chi connectivity index (χ4n) is 3.90. The molecule has 2 saturated carbocycles. The van der Waals surface area contributed by atoms with Crippen LogP contribution in [0.15, 0.2) is 5.10 Å². The van der Waals surface area contributed by atoms with Crippen molar-refractivity contribution in [3.63, 3.8) is 0 Å². The summed E-state index contributed by atoms with van der Waals surface area (Å²) < 4.78 is 0. The molecule has 1 aromatic heterocycles. The highest BCUT2D eigenvalue weighted by Gasteiger charge is 2.53. The second kappa shape index (κ2) is 4.90. The van der Waals surface area contributed by atoms with Crippen LogP contribution in [0, 0.1) is 30.1 Å². The maximum atomic E-state index is 11.5. The number of hydrogen-bond acceptors (Lipinski definition) is 5. The predicted octanol–water partition coefficient (Wildman–Crippen LogP) is 4.12. The van der Waals surface area contributed by atoms with E-state index in [9.17, 15) is 4.79 Å². The number of ketones is 1. The summed E-state index contributed by atoms with van der Waals surface area (Å²) in [6, 6.07) is 0. The van der Waals surface area contributed by atoms with Gasteiger partial charge >= 0.3 is 0 Å². The van der Waals surface area contributed by atoms with Crippen LogP contribution >= 0.6 is 11.3 Å². The average molecular weight is 305 g/mol. The SMILES string of the molecule is CC(=O)c1sc(N/N=C2/C[C@@H]3C[C@H]2[C@H](C)C3(C)C)nc1C. The molecule has 1 N–H and O–H groups in total. The number of nitrogens with one attached hydrogen (secondary N) is 1. The van der Waals surface area contributed by atoms with Gasteiger partial charge in [0.05, 0.1) is 10.6 Å². The van der Waals surface area contributed by atoms with Crippen LogP contribution in [0.2, 0.25) is 0 Å². The molecule has 1 aromatic rings. The van der Waals surface area contributed by atoms with Crippen molar-refractivity contribution in [3.05, 3.63) is 10.6 Å². The molecular formula is C16H23N3OS. The van der Waals surface area contributed by atoms with Gasteiger partial charge in [-0.25, -0.2) is 4.98 Å². The normalized spacial score (nSPS) is 31.9. The zero-order valence-electron chi connectivity index (χ0n) is 13.4. The molecule has 3 rings (SSSR count). The van der Waals surface area contributed by atoms with Gasteiger partial charge in [0.1, 0.15) is 0 Å². The monoisotopic (exact) mass is 305 g/mol. The summed E-state index contributed by atoms with van der Waals surface area (Å²) in [7, 11) is 0. The number of nitrogens with zero attached hydrogens (tertiary/aromatic N) is 2. The van der Waals surface area contributed by atoms with E-state index in [1.807, 2.05) is 6.92 Å². The van der Waals surface area contributed by atoms with Crippen molar-refractivity contribution in [3.8, 4) is 0 Å². The van der Waals surface area contributed by atoms with Gasteiger partial charge < -0.3 is 0 Å². The van der Waals surface area contributed by atoms with E-state index in [-0.39, 0.29) is 5.78 Å². The zero-order chi connectivity index (χ0) is 15.4. The molecule has 114 valence electrons. The van der Waals surface area contributed by atoms with E-state index in [4.69, 9.17) is 0 Å². The van der Waals surface area contributed by atoms with E-state index in [2.05, 4.69) is 36.3 Å². The molecule has 21 heavy (non-hydrogen) atoms. The first kappa shape index (κ1) is 14.7. The number of aryl methyl sites for hydroxylation is 1. The number of carbonyl (C=O) groups is 1. The first-order valence-electron chi connectivity index (χ1n) is 7.61. The molecule has 2 bridgehead atoms. The van der Waals surface area contributed by atoms with E-state index >= 15 is 0 Å². The third-order valence-corrected chi connectivity index (χ3v) is 6.83. The summed E-state index contributed by atoms with van der Waals surface area (Å²) in [6.07, 6.45) is 2.36. The van der Waals surface area contributed by atoms with Crippen molar-refractivity contribution in [2.45, 2.75) is 47.5 Å². The smallest absolute Gasteiger partial charge is 0.204 e. The van der Waals surface area contributed by atoms with Gasteiger partial charge in [0.15, 0.2) is 5.78 Å². The topological polar surface area (TPSA) is 54.4 Å². The molecular weight excluding hydrogens is 282 g/mol. The first-order valence-corrected chi connectivity index (χ1v) is 8.43. The van der Waals surface area contributed by atoms with Crippen LogP contribution in [-0.4, -0.2) is 16.5 Å². The van der Waals surface area contributed by atoms with Crippen LogP contribution in [0.25, 0.3) is 0 Å². The lowest BCUT2D eigenvalue weighted by Gasteiger charge is -2.36. The van der Waals surface area contributed by atoms with Gasteiger partial charge in [-0.05, 0) is 37.0 Å². The largest absolute Gasteiger partial charge is 0.294 e. The van der Waals surface area contributed by atoms with E-state index in [0.29, 0.717) is 17.3 Å². The van der Waals surface area contributed by atoms with Crippen LogP contribution in [0.1, 0.15) is 55.9 Å². The number of rotatable bonds is 3. The Morgan fingerprint density at radius 2 is 2.19 bits per heavy atom. The highest BCUT2D eigenvalue weighted by Crippen LogP contribution is 2.57. The van der Waals surface area contributed by atoms with Crippen molar-refractivity contribution in [2.24, 2.45) is 28.3 Å². The van der Waals surface area contributed by atoms with Crippen LogP contribution in [-0.2, 0) is 0 Å². The molecule has 0 spiro atoms. The molecule has 0 aliphatic heterocycles. The summed E-state index contributed by atoms with van der Waals surface area (Å²) in [5.41, 5.74) is 5.58. The van der Waals surface area contributed by atoms with Crippen LogP contribution < -0.4 is 5.43 Å². The van der Waals surface area contributed by atoms with Crippen molar-refractivity contribution < 1.29 is 4.79 Å². The van der Waals surface area contributed by atoms with Crippen molar-refractivity contribution in [2.75, 3.05) is 5.43 Å². The highest BCUT2D eigenvalue weighted by molar-refractivity contribution is 7.17. The number of fused-ring (bicyclic) bond motifs is 2. The van der Waals surface area contributed by atoms with Gasteiger partial charge in [0.25, 0.3) is 0 Å². The molecule has 0 amide bonds. The fourth-order valence-corrected chi connectivity index (χ4v) is 4.70. The average Bonchev–Trinajstić information content (AvgIpc) is 3.03. The number of carbonyl (C=O) groups excluding carboxylic acids is 1. The number of Topliss-reactive ketones (excluding diaryl/α,β-unsaturated/α-hetero) is 1. The summed E-state index contributed by atoms with van der Waals surface area (Å²) in [6.45, 7) is 10.6. The molecule has 2 aliphatic rings. The highest BCUT2D eigenvalue weighted by atomic mass is 32.1. The number of hydrogen-bond donors (Lipinski definition) is 1. The molecule has 0 radical (unpaired) electrons. The fraction of sp³-hybridized carbons (Fsp3) is 0.688. The second-order valence-electron chi connectivity index (χ2n) is 7.06. The molecule has 5 heteroatoms. The molecule has 0 saturated heterocycles. The molecule has 0 aromatic carbocycles. The van der Waals surface area contributed by atoms with Crippen LogP contribution in [0.3, 0.4) is 0 Å². The van der Waals surface area contributed by atoms with Crippen LogP contribution in [0.4, 0.5) is 5.13 Å². The Hall–Kier alpha value is -1.23. The van der Waals surface area contributed by atoms with Crippen molar-refractivity contribution >= 4 is 28.0 Å². The number of anilines is 1. The number of aromatic nitrogens is 1. The van der Waals surface area contributed by atoms with Gasteiger partial charge in [0.2, 0.25) is 5.13 Å². The summed E-state index contributed by atoms with van der Waals surface area (Å²) in [4.78, 5) is 16.6. The van der Waals surface area contributed by atoms with Crippen LogP contribution in [0.5, 0.6) is 0 Å². The lowest BCUT2D eigenvalue weighted by molar-refractivity contribution is 0.102. The van der Waals surface area contributed by atoms with Crippen molar-refractivity contribution in [1.29, 1.82) is 0 Å². The lowest BCUT2D eigenvalue weighted by Crippen LogP contribution is -2.33. The minimum atomic E-state index is 0.0704. The maximum Gasteiger partial charge on any atom is 0.204 e. The molecule has 2 aliphatic carbocycles. The molecule has 3 atom stereocenters. The van der Waals surface area contributed by atoms with E-state index in [1.54, 1.807) is 6.92 Å². The third-order valence-electron chi connectivity index (χ3n) is 5.66. The number of thiazole rings is 1. The first-order chi connectivity index (χ1) is 9.80. The lowest BCUT2D eigenvalue weighted by atomic mass is 9.69. The van der Waals surface area contributed by atoms with E-state index < -0.39 is 0 Å². The Bertz CT molecular complexity index is 613. The van der Waals surface area contributed by atoms with Gasteiger partial charge in [-0.15, -0.1) is 0 Å². The molecule has 1 heterocycles. The van der Waals surface area contributed by atoms with Gasteiger partial charge in [0, 0.05) is 18.6 Å². The summed E-state index contributed by atoms with van der Waals surface area (Å²) in [5.74, 6) is 2.11. The summed E-state index contributed by atoms with van der Waals surface area (Å²) in [5, 5.41) is 5.33. The Morgan fingerprint density at radius 1 is 1.48 bits per heavy atom. The van der Waals surface area contributed by atoms with Gasteiger partial charge in [-0.1, -0.05) is 32.1 Å². The summed E-state index contributed by atoms with van der Waals surface area (Å²) >= 11 is 1.39. The van der Waals surface area contributed by atoms with Crippen molar-refractivity contribution in [1.82, 2.24) is 4.98 Å². The Labute approximate surface area is 130 Å². The third kappa shape index (κ3) is 2.31. The van der Waals surface area contributed by atoms with Gasteiger partial charge in [-0.2, -0.15) is 5.10 Å². The number of hydrazone groups is 1. The minimum Gasteiger partial charge on any atom is -0.294 e. The minimum absolute atomic E-state index is 0.0704. The maximum absolute atomic E-state index is 11.5. The Morgan fingerprint density at radius 3 is 2.71 bits per heavy atom. The molecule has 2 fully saturated rings. The Kier molecular flexibility index (Phi) is 3.43. The Balaban J connectivity index is 1.74. The van der Waals surface area contributed by atoms with Gasteiger partial charge in [-0.3, -0.25) is 10.2 Å². The predicted molar refractivity (Wildman–Crippen MR) is 87.1 cm³/mol. The zero-order valence-corrected chi connectivity index (χ0v) is 14.2. The quantitative estimate of drug-likeness (QED) is 0.675. The standard InChI is InChI=1S/C16H23N3OS/c1-8-12-6-11(16(8,4)5)7-13(12)18-19-15-17-9(2)14(21-15)10(3)20/h8,11-12H,6-7H2,1-5H3,(H,17,19)/b18-13-/t8-,11-,12-/m0/s1. The van der Waals surface area contributed by atoms with E-state index in [0.717, 1.165) is 28.0 Å². The molecule has 4 nitrogen and oxygen atoms in total. The second-order valence-corrected chi connectivity index (χ2v) is 8.06. The molecule has 0 unspecified atom stereocenters.